The topological polar surface area (TPSA) is 125 Å². The van der Waals surface area contributed by atoms with Crippen LogP contribution >= 0.6 is 34.3 Å². The SMILES string of the molecule is CC1(C)ON(c2cc3c4ccccc4sc3c3ccccc23)OC1(C)C.Clc1nc(-c2ccccc2)nc(-c2ccc3c(c2)oc2ccccc23)n1.c1ccc(-c2nc(-c3ccc4c(c3)oc3ccccc34)nc(-c3cc4c5ccccc5sc4c4ccccc34)n2)cc1. The molecule has 1 aliphatic heterocycles. The monoisotopic (exact) mass is 1280 g/mol. The molecular formula is C80H54ClN7O4S2. The Morgan fingerprint density at radius 2 is 0.681 bits per heavy atom. The molecule has 1 aliphatic rings. The number of para-hydroxylation sites is 2. The number of anilines is 1. The van der Waals surface area contributed by atoms with Crippen molar-refractivity contribution in [2.75, 3.05) is 5.23 Å². The number of thiophene rings is 2. The van der Waals surface area contributed by atoms with Crippen LogP contribution in [0.5, 0.6) is 0 Å². The van der Waals surface area contributed by atoms with Crippen LogP contribution in [0.15, 0.2) is 264 Å². The predicted molar refractivity (Wildman–Crippen MR) is 386 cm³/mol. The first-order valence-electron chi connectivity index (χ1n) is 30.9. The maximum atomic E-state index is 6.21. The van der Waals surface area contributed by atoms with E-state index in [1.165, 1.54) is 51.1 Å². The van der Waals surface area contributed by atoms with Crippen molar-refractivity contribution in [3.05, 3.63) is 260 Å². The summed E-state index contributed by atoms with van der Waals surface area (Å²) in [6.45, 7) is 8.25. The van der Waals surface area contributed by atoms with E-state index in [1.807, 2.05) is 150 Å². The molecule has 6 aromatic heterocycles. The minimum atomic E-state index is -0.417. The highest BCUT2D eigenvalue weighted by Gasteiger charge is 2.50. The highest BCUT2D eigenvalue weighted by molar-refractivity contribution is 7.27. The fraction of sp³-hybridized carbons (Fsp3) is 0.0750. The van der Waals surface area contributed by atoms with Gasteiger partial charge in [0.1, 0.15) is 39.2 Å². The highest BCUT2D eigenvalue weighted by atomic mass is 35.5. The third-order valence-corrected chi connectivity index (χ3v) is 20.4. The molecule has 94 heavy (non-hydrogen) atoms. The number of hydrogen-bond acceptors (Lipinski definition) is 13. The second kappa shape index (κ2) is 22.8. The van der Waals surface area contributed by atoms with Crippen molar-refractivity contribution in [3.8, 4) is 56.9 Å². The van der Waals surface area contributed by atoms with Gasteiger partial charge in [0.2, 0.25) is 5.28 Å². The van der Waals surface area contributed by atoms with Crippen molar-refractivity contribution in [2.45, 2.75) is 38.9 Å². The molecule has 1 fully saturated rings. The van der Waals surface area contributed by atoms with Gasteiger partial charge in [-0.25, -0.2) is 29.6 Å². The van der Waals surface area contributed by atoms with E-state index in [-0.39, 0.29) is 5.28 Å². The number of benzene rings is 12. The first-order chi connectivity index (χ1) is 45.9. The molecule has 452 valence electrons. The normalized spacial score (nSPS) is 13.6. The fourth-order valence-electron chi connectivity index (χ4n) is 12.4. The summed E-state index contributed by atoms with van der Waals surface area (Å²) in [5, 5.41) is 15.8. The molecule has 0 bridgehead atoms. The number of halogens is 1. The van der Waals surface area contributed by atoms with Gasteiger partial charge in [-0.1, -0.05) is 194 Å². The number of hydrogen-bond donors (Lipinski definition) is 0. The summed E-state index contributed by atoms with van der Waals surface area (Å²) in [7, 11) is 0. The molecule has 7 heterocycles. The van der Waals surface area contributed by atoms with Crippen LogP contribution in [0.4, 0.5) is 5.69 Å². The number of aromatic nitrogens is 6. The molecule has 0 unspecified atom stereocenters. The van der Waals surface area contributed by atoms with Crippen molar-refractivity contribution in [1.29, 1.82) is 0 Å². The van der Waals surface area contributed by atoms with Crippen LogP contribution in [0.2, 0.25) is 5.28 Å². The minimum Gasteiger partial charge on any atom is -0.456 e. The van der Waals surface area contributed by atoms with Gasteiger partial charge in [-0.2, -0.15) is 9.97 Å². The van der Waals surface area contributed by atoms with E-state index >= 15 is 0 Å². The molecule has 0 saturated carbocycles. The molecule has 0 radical (unpaired) electrons. The summed E-state index contributed by atoms with van der Waals surface area (Å²) in [5.74, 6) is 2.97. The standard InChI is InChI=1S/C37H21N3OS.C22H21NO2S.C21H12ClN3O/c1-2-10-22(11-3-1)35-38-36(23-18-19-26-25-13-6-8-16-31(25)41-32(26)20-23)40-37(39-35)30-21-29-27-14-7-9-17-33(27)42-34(29)28-15-5-4-12-24(28)30;1-21(2)22(3,4)25-23(24-21)18-13-17-15-10-7-8-12-19(15)26-20(17)16-11-6-5-9-14(16)18;22-21-24-19(13-6-2-1-3-7-13)23-20(25-21)14-10-11-16-15-8-4-5-9-17(15)26-18(16)12-14/h1-21H;5-13H,1-4H3;1-12H. The molecule has 14 heteroatoms. The highest BCUT2D eigenvalue weighted by Crippen LogP contribution is 2.48. The van der Waals surface area contributed by atoms with Crippen molar-refractivity contribution < 1.29 is 18.5 Å². The molecule has 12 aromatic carbocycles. The smallest absolute Gasteiger partial charge is 0.226 e. The Kier molecular flexibility index (Phi) is 13.9. The van der Waals surface area contributed by atoms with Crippen LogP contribution in [-0.4, -0.2) is 41.1 Å². The summed E-state index contributed by atoms with van der Waals surface area (Å²) in [6, 6.07) is 86.7. The zero-order valence-electron chi connectivity index (χ0n) is 51.2. The van der Waals surface area contributed by atoms with E-state index in [2.05, 4.69) is 170 Å². The van der Waals surface area contributed by atoms with Crippen LogP contribution in [0.25, 0.3) is 163 Å². The average molecular weight is 1280 g/mol. The van der Waals surface area contributed by atoms with E-state index in [9.17, 15) is 0 Å². The molecule has 0 N–H and O–H groups in total. The zero-order chi connectivity index (χ0) is 63.2. The first kappa shape index (κ1) is 57.2. The van der Waals surface area contributed by atoms with E-state index in [0.29, 0.717) is 29.1 Å². The Bertz CT molecular complexity index is 5990. The van der Waals surface area contributed by atoms with Crippen molar-refractivity contribution in [3.63, 3.8) is 0 Å². The van der Waals surface area contributed by atoms with E-state index in [0.717, 1.165) is 88.2 Å². The average Bonchev–Trinajstić information content (AvgIpc) is 1.53. The van der Waals surface area contributed by atoms with Gasteiger partial charge in [-0.05, 0) is 105 Å². The van der Waals surface area contributed by atoms with E-state index in [1.54, 1.807) is 5.23 Å². The molecule has 0 atom stereocenters. The maximum Gasteiger partial charge on any atom is 0.226 e. The van der Waals surface area contributed by atoms with Crippen molar-refractivity contribution >= 4 is 146 Å². The molecular weight excluding hydrogens is 1220 g/mol. The van der Waals surface area contributed by atoms with E-state index in [4.69, 9.17) is 45.1 Å². The lowest BCUT2D eigenvalue weighted by Crippen LogP contribution is -2.41. The quantitative estimate of drug-likeness (QED) is 0.158. The first-order valence-corrected chi connectivity index (χ1v) is 32.9. The summed E-state index contributed by atoms with van der Waals surface area (Å²) in [6.07, 6.45) is 0. The lowest BCUT2D eigenvalue weighted by molar-refractivity contribution is -0.0265. The minimum absolute atomic E-state index is 0.165. The Balaban J connectivity index is 0.000000113. The molecule has 11 nitrogen and oxygen atoms in total. The van der Waals surface area contributed by atoms with Gasteiger partial charge < -0.3 is 8.83 Å². The zero-order valence-corrected chi connectivity index (χ0v) is 53.6. The van der Waals surface area contributed by atoms with Gasteiger partial charge in [0.25, 0.3) is 0 Å². The second-order valence-electron chi connectivity index (χ2n) is 24.2. The van der Waals surface area contributed by atoms with Crippen LogP contribution in [-0.2, 0) is 9.68 Å². The van der Waals surface area contributed by atoms with Crippen molar-refractivity contribution in [1.82, 2.24) is 29.9 Å². The van der Waals surface area contributed by atoms with Gasteiger partial charge in [-0.3, -0.25) is 0 Å². The summed E-state index contributed by atoms with van der Waals surface area (Å²) in [4.78, 5) is 40.7. The Labute approximate surface area is 551 Å². The van der Waals surface area contributed by atoms with E-state index < -0.39 is 11.2 Å². The number of furan rings is 2. The predicted octanol–water partition coefficient (Wildman–Crippen LogP) is 22.5. The van der Waals surface area contributed by atoms with Gasteiger partial charge >= 0.3 is 0 Å². The third kappa shape index (κ3) is 10.0. The van der Waals surface area contributed by atoms with Crippen LogP contribution in [0.1, 0.15) is 27.7 Å². The second-order valence-corrected chi connectivity index (χ2v) is 26.7. The van der Waals surface area contributed by atoms with Crippen molar-refractivity contribution in [2.24, 2.45) is 0 Å². The number of fused-ring (bicyclic) bond motifs is 16. The van der Waals surface area contributed by atoms with Gasteiger partial charge in [0, 0.05) is 106 Å². The van der Waals surface area contributed by atoms with Gasteiger partial charge in [-0.15, -0.1) is 27.9 Å². The lowest BCUT2D eigenvalue weighted by Gasteiger charge is -2.26. The Hall–Kier alpha value is -10.8. The third-order valence-electron chi connectivity index (χ3n) is 17.8. The molecule has 19 rings (SSSR count). The number of nitrogens with zero attached hydrogens (tertiary/aromatic N) is 7. The summed E-state index contributed by atoms with van der Waals surface area (Å²) < 4.78 is 17.3. The maximum absolute atomic E-state index is 6.21. The van der Waals surface area contributed by atoms with Gasteiger partial charge in [0.05, 0.1) is 0 Å². The fourth-order valence-corrected chi connectivity index (χ4v) is 15.0. The Morgan fingerprint density at radius 3 is 1.20 bits per heavy atom. The summed E-state index contributed by atoms with van der Waals surface area (Å²) in [5.41, 5.74) is 8.00. The van der Waals surface area contributed by atoms with Gasteiger partial charge in [0.15, 0.2) is 29.1 Å². The largest absolute Gasteiger partial charge is 0.456 e. The molecule has 1 saturated heterocycles. The summed E-state index contributed by atoms with van der Waals surface area (Å²) >= 11 is 9.82. The molecule has 18 aromatic rings. The lowest BCUT2D eigenvalue weighted by atomic mass is 9.90. The number of rotatable bonds is 6. The van der Waals surface area contributed by atoms with Crippen LogP contribution in [0.3, 0.4) is 0 Å². The molecule has 0 spiro atoms. The Morgan fingerprint density at radius 1 is 0.309 bits per heavy atom. The molecule has 0 amide bonds. The van der Waals surface area contributed by atoms with Crippen LogP contribution in [0, 0.1) is 0 Å². The van der Waals surface area contributed by atoms with Crippen LogP contribution < -0.4 is 5.23 Å². The molecule has 0 aliphatic carbocycles.